The van der Waals surface area contributed by atoms with Gasteiger partial charge in [-0.2, -0.15) is 5.26 Å². The van der Waals surface area contributed by atoms with E-state index in [9.17, 15) is 0 Å². The summed E-state index contributed by atoms with van der Waals surface area (Å²) >= 11 is 1.52. The van der Waals surface area contributed by atoms with Gasteiger partial charge in [0.25, 0.3) is 0 Å². The lowest BCUT2D eigenvalue weighted by Gasteiger charge is -2.14. The van der Waals surface area contributed by atoms with Gasteiger partial charge < -0.3 is 0 Å². The van der Waals surface area contributed by atoms with Gasteiger partial charge in [0.2, 0.25) is 0 Å². The molecule has 0 fully saturated rings. The van der Waals surface area contributed by atoms with E-state index >= 15 is 0 Å². The van der Waals surface area contributed by atoms with Crippen molar-refractivity contribution in [3.8, 4) is 6.07 Å². The normalized spacial score (nSPS) is 14.8. The van der Waals surface area contributed by atoms with Gasteiger partial charge in [-0.15, -0.1) is 11.3 Å². The summed E-state index contributed by atoms with van der Waals surface area (Å²) in [7, 11) is 0. The first kappa shape index (κ1) is 10.2. The summed E-state index contributed by atoms with van der Waals surface area (Å²) in [5, 5.41) is 14.0. The zero-order chi connectivity index (χ0) is 9.68. The average molecular weight is 195 g/mol. The fourth-order valence-electron chi connectivity index (χ4n) is 0.956. The van der Waals surface area contributed by atoms with Crippen molar-refractivity contribution in [1.82, 2.24) is 10.3 Å². The molecule has 0 amide bonds. The van der Waals surface area contributed by atoms with Crippen LogP contribution in [-0.4, -0.2) is 11.0 Å². The first-order valence-electron chi connectivity index (χ1n) is 4.31. The lowest BCUT2D eigenvalue weighted by molar-refractivity contribution is 0.496. The monoisotopic (exact) mass is 195 g/mol. The van der Waals surface area contributed by atoms with Gasteiger partial charge in [0, 0.05) is 11.4 Å². The Labute approximate surface area is 82.4 Å². The highest BCUT2D eigenvalue weighted by molar-refractivity contribution is 7.07. The van der Waals surface area contributed by atoms with Crippen LogP contribution in [0.1, 0.15) is 32.0 Å². The van der Waals surface area contributed by atoms with E-state index in [1.807, 2.05) is 5.38 Å². The van der Waals surface area contributed by atoms with Gasteiger partial charge in [0.1, 0.15) is 6.04 Å². The first-order chi connectivity index (χ1) is 6.27. The number of rotatable bonds is 4. The van der Waals surface area contributed by atoms with Gasteiger partial charge >= 0.3 is 0 Å². The van der Waals surface area contributed by atoms with Crippen LogP contribution in [0.2, 0.25) is 0 Å². The van der Waals surface area contributed by atoms with E-state index in [-0.39, 0.29) is 6.04 Å². The number of nitriles is 1. The molecule has 1 rings (SSSR count). The quantitative estimate of drug-likeness (QED) is 0.800. The molecule has 0 aliphatic heterocycles. The maximum Gasteiger partial charge on any atom is 0.139 e. The number of nitrogens with one attached hydrogen (secondary N) is 1. The van der Waals surface area contributed by atoms with Crippen molar-refractivity contribution in [3.05, 3.63) is 16.6 Å². The molecule has 4 heteroatoms. The fourth-order valence-corrected chi connectivity index (χ4v) is 1.54. The predicted octanol–water partition coefficient (Wildman–Crippen LogP) is 2.10. The van der Waals surface area contributed by atoms with E-state index in [1.54, 1.807) is 5.51 Å². The fraction of sp³-hybridized carbons (Fsp3) is 0.556. The van der Waals surface area contributed by atoms with Crippen LogP contribution < -0.4 is 5.32 Å². The van der Waals surface area contributed by atoms with Gasteiger partial charge in [-0.1, -0.05) is 6.92 Å². The Morgan fingerprint density at radius 2 is 2.54 bits per heavy atom. The van der Waals surface area contributed by atoms with Crippen molar-refractivity contribution in [1.29, 1.82) is 5.26 Å². The molecule has 0 radical (unpaired) electrons. The Hall–Kier alpha value is -0.920. The summed E-state index contributed by atoms with van der Waals surface area (Å²) in [5.74, 6) is 0. The summed E-state index contributed by atoms with van der Waals surface area (Å²) in [5.41, 5.74) is 2.57. The minimum atomic E-state index is -0.263. The molecule has 3 nitrogen and oxygen atoms in total. The third-order valence-electron chi connectivity index (χ3n) is 1.94. The lowest BCUT2D eigenvalue weighted by Crippen LogP contribution is -2.29. The smallest absolute Gasteiger partial charge is 0.139 e. The number of hydrogen-bond acceptors (Lipinski definition) is 4. The van der Waals surface area contributed by atoms with Gasteiger partial charge in [-0.25, -0.2) is 4.98 Å². The number of aromatic nitrogens is 1. The van der Waals surface area contributed by atoms with Gasteiger partial charge in [0.15, 0.2) is 0 Å². The SMILES string of the molecule is CCC(C)NC(C#N)c1cscn1. The standard InChI is InChI=1S/C9H13N3S/c1-3-7(2)12-8(4-10)9-5-13-6-11-9/h5-8,12H,3H2,1-2H3. The highest BCUT2D eigenvalue weighted by Gasteiger charge is 2.13. The van der Waals surface area contributed by atoms with Crippen molar-refractivity contribution >= 4 is 11.3 Å². The number of hydrogen-bond donors (Lipinski definition) is 1. The molecular formula is C9H13N3S. The molecule has 2 atom stereocenters. The van der Waals surface area contributed by atoms with Crippen LogP contribution in [0, 0.1) is 11.3 Å². The van der Waals surface area contributed by atoms with E-state index in [0.29, 0.717) is 6.04 Å². The summed E-state index contributed by atoms with van der Waals surface area (Å²) in [6.07, 6.45) is 1.02. The van der Waals surface area contributed by atoms with Crippen LogP contribution in [0.15, 0.2) is 10.9 Å². The highest BCUT2D eigenvalue weighted by Crippen LogP contribution is 2.12. The second-order valence-electron chi connectivity index (χ2n) is 2.95. The summed E-state index contributed by atoms with van der Waals surface area (Å²) in [6, 6.07) is 2.29. The molecule has 1 heterocycles. The van der Waals surface area contributed by atoms with Crippen LogP contribution in [0.25, 0.3) is 0 Å². The molecule has 2 unspecified atom stereocenters. The van der Waals surface area contributed by atoms with Crippen LogP contribution in [0.4, 0.5) is 0 Å². The van der Waals surface area contributed by atoms with Crippen molar-refractivity contribution < 1.29 is 0 Å². The minimum Gasteiger partial charge on any atom is -0.294 e. The molecule has 13 heavy (non-hydrogen) atoms. The third kappa shape index (κ3) is 2.79. The molecule has 0 saturated heterocycles. The summed E-state index contributed by atoms with van der Waals surface area (Å²) in [6.45, 7) is 4.16. The molecule has 1 aromatic heterocycles. The van der Waals surface area contributed by atoms with E-state index < -0.39 is 0 Å². The van der Waals surface area contributed by atoms with Crippen molar-refractivity contribution in [3.63, 3.8) is 0 Å². The van der Waals surface area contributed by atoms with Crippen LogP contribution >= 0.6 is 11.3 Å². The number of nitrogens with zero attached hydrogens (tertiary/aromatic N) is 2. The third-order valence-corrected chi connectivity index (χ3v) is 2.54. The first-order valence-corrected chi connectivity index (χ1v) is 5.26. The Morgan fingerprint density at radius 3 is 3.00 bits per heavy atom. The summed E-state index contributed by atoms with van der Waals surface area (Å²) in [4.78, 5) is 4.11. The maximum absolute atomic E-state index is 8.89. The molecule has 1 N–H and O–H groups in total. The molecule has 0 aliphatic carbocycles. The van der Waals surface area contributed by atoms with Gasteiger partial charge in [-0.05, 0) is 13.3 Å². The van der Waals surface area contributed by atoms with Gasteiger partial charge in [-0.3, -0.25) is 5.32 Å². The minimum absolute atomic E-state index is 0.263. The maximum atomic E-state index is 8.89. The highest BCUT2D eigenvalue weighted by atomic mass is 32.1. The van der Waals surface area contributed by atoms with E-state index in [2.05, 4.69) is 30.2 Å². The zero-order valence-electron chi connectivity index (χ0n) is 7.82. The molecule has 1 aromatic rings. The molecule has 0 bridgehead atoms. The second-order valence-corrected chi connectivity index (χ2v) is 3.67. The lowest BCUT2D eigenvalue weighted by atomic mass is 10.2. The molecule has 0 aliphatic rings. The zero-order valence-corrected chi connectivity index (χ0v) is 8.64. The van der Waals surface area contributed by atoms with E-state index in [4.69, 9.17) is 5.26 Å². The molecule has 0 aromatic carbocycles. The Kier molecular flexibility index (Phi) is 3.87. The molecule has 0 spiro atoms. The van der Waals surface area contributed by atoms with E-state index in [0.717, 1.165) is 12.1 Å². The van der Waals surface area contributed by atoms with Gasteiger partial charge in [0.05, 0.1) is 17.3 Å². The Balaban J connectivity index is 2.60. The van der Waals surface area contributed by atoms with Crippen molar-refractivity contribution in [2.75, 3.05) is 0 Å². The van der Waals surface area contributed by atoms with Crippen LogP contribution in [0.5, 0.6) is 0 Å². The van der Waals surface area contributed by atoms with E-state index in [1.165, 1.54) is 11.3 Å². The molecule has 70 valence electrons. The Bertz CT molecular complexity index is 276. The predicted molar refractivity (Wildman–Crippen MR) is 53.4 cm³/mol. The van der Waals surface area contributed by atoms with Crippen molar-refractivity contribution in [2.24, 2.45) is 0 Å². The largest absolute Gasteiger partial charge is 0.294 e. The second kappa shape index (κ2) is 4.95. The average Bonchev–Trinajstić information content (AvgIpc) is 2.66. The summed E-state index contributed by atoms with van der Waals surface area (Å²) < 4.78 is 0. The molecular weight excluding hydrogens is 182 g/mol. The van der Waals surface area contributed by atoms with Crippen LogP contribution in [-0.2, 0) is 0 Å². The molecule has 0 saturated carbocycles. The van der Waals surface area contributed by atoms with Crippen LogP contribution in [0.3, 0.4) is 0 Å². The topological polar surface area (TPSA) is 48.7 Å². The number of thiazole rings is 1. The van der Waals surface area contributed by atoms with Crippen molar-refractivity contribution in [2.45, 2.75) is 32.4 Å². The Morgan fingerprint density at radius 1 is 1.77 bits per heavy atom.